The Bertz CT molecular complexity index is 306. The predicted octanol–water partition coefficient (Wildman–Crippen LogP) is 0.999. The van der Waals surface area contributed by atoms with Crippen LogP contribution in [0.5, 0.6) is 0 Å². The Kier molecular flexibility index (Phi) is 3.05. The number of rotatable bonds is 1. The van der Waals surface area contributed by atoms with Gasteiger partial charge in [-0.3, -0.25) is 4.55 Å². The monoisotopic (exact) mass is 236 g/mol. The summed E-state index contributed by atoms with van der Waals surface area (Å²) in [5.41, 5.74) is 0. The lowest BCUT2D eigenvalue weighted by Gasteiger charge is -2.31. The van der Waals surface area contributed by atoms with Crippen LogP contribution in [-0.2, 0) is 10.1 Å². The zero-order valence-corrected chi connectivity index (χ0v) is 7.59. The van der Waals surface area contributed by atoms with Gasteiger partial charge in [-0.2, -0.15) is 8.42 Å². The number of hydrogen-bond donors (Lipinski definition) is 1. The molecule has 0 amide bonds. The van der Waals surface area contributed by atoms with E-state index in [1.165, 1.54) is 0 Å². The average molecular weight is 236 g/mol. The Hall–Kier alpha value is -0.370. The minimum absolute atomic E-state index is 1.07. The molecule has 1 saturated carbocycles. The molecule has 0 bridgehead atoms. The molecule has 1 aliphatic carbocycles. The lowest BCUT2D eigenvalue weighted by atomic mass is 9.93. The van der Waals surface area contributed by atoms with Crippen LogP contribution in [-0.4, -0.2) is 42.9 Å². The molecule has 0 saturated heterocycles. The van der Waals surface area contributed by atoms with Crippen LogP contribution in [0.25, 0.3) is 0 Å². The molecule has 1 N–H and O–H groups in total. The second-order valence-electron chi connectivity index (χ2n) is 3.14. The molecule has 1 fully saturated rings. The summed E-state index contributed by atoms with van der Waals surface area (Å²) in [4.78, 5) is 0. The van der Waals surface area contributed by atoms with Gasteiger partial charge in [-0.1, -0.05) is 0 Å². The van der Waals surface area contributed by atoms with Crippen molar-refractivity contribution in [3.63, 3.8) is 0 Å². The van der Waals surface area contributed by atoms with Crippen molar-refractivity contribution >= 4 is 10.1 Å². The SMILES string of the molecule is O=S(=O)(O)C1CC(F)C(F)C(F)C1F. The first-order valence-corrected chi connectivity index (χ1v) is 5.28. The molecule has 0 aliphatic heterocycles. The molecule has 0 aromatic rings. The molecule has 5 unspecified atom stereocenters. The van der Waals surface area contributed by atoms with Gasteiger partial charge >= 0.3 is 0 Å². The Morgan fingerprint density at radius 1 is 1.00 bits per heavy atom. The summed E-state index contributed by atoms with van der Waals surface area (Å²) < 4.78 is 79.9. The Balaban J connectivity index is 2.92. The smallest absolute Gasteiger partial charge is 0.270 e. The zero-order valence-electron chi connectivity index (χ0n) is 6.78. The molecule has 1 rings (SSSR count). The van der Waals surface area contributed by atoms with Crippen LogP contribution < -0.4 is 0 Å². The molecule has 84 valence electrons. The number of alkyl halides is 4. The van der Waals surface area contributed by atoms with Gasteiger partial charge in [0.2, 0.25) is 0 Å². The van der Waals surface area contributed by atoms with E-state index in [9.17, 15) is 26.0 Å². The van der Waals surface area contributed by atoms with E-state index in [0.29, 0.717) is 0 Å². The summed E-state index contributed by atoms with van der Waals surface area (Å²) in [5, 5.41) is -2.22. The molecule has 8 heteroatoms. The maximum Gasteiger partial charge on any atom is 0.270 e. The predicted molar refractivity (Wildman–Crippen MR) is 39.5 cm³/mol. The maximum absolute atomic E-state index is 12.8. The molecule has 0 spiro atoms. The van der Waals surface area contributed by atoms with Crippen LogP contribution in [0.2, 0.25) is 0 Å². The van der Waals surface area contributed by atoms with Crippen LogP contribution in [0.1, 0.15) is 6.42 Å². The van der Waals surface area contributed by atoms with Crippen molar-refractivity contribution in [1.29, 1.82) is 0 Å². The first-order chi connectivity index (χ1) is 6.25. The summed E-state index contributed by atoms with van der Waals surface area (Å²) >= 11 is 0. The van der Waals surface area contributed by atoms with Crippen molar-refractivity contribution in [2.24, 2.45) is 0 Å². The van der Waals surface area contributed by atoms with E-state index in [1.54, 1.807) is 0 Å². The highest BCUT2D eigenvalue weighted by Gasteiger charge is 2.51. The third-order valence-corrected chi connectivity index (χ3v) is 3.37. The number of hydrogen-bond acceptors (Lipinski definition) is 2. The second kappa shape index (κ2) is 3.65. The van der Waals surface area contributed by atoms with E-state index < -0.39 is 46.5 Å². The van der Waals surface area contributed by atoms with Gasteiger partial charge in [-0.15, -0.1) is 0 Å². The van der Waals surface area contributed by atoms with Gasteiger partial charge in [0.1, 0.15) is 11.4 Å². The minimum Gasteiger partial charge on any atom is -0.285 e. The van der Waals surface area contributed by atoms with Gasteiger partial charge in [0.15, 0.2) is 18.5 Å². The fourth-order valence-electron chi connectivity index (χ4n) is 1.35. The van der Waals surface area contributed by atoms with Gasteiger partial charge in [0, 0.05) is 6.42 Å². The molecule has 0 aromatic heterocycles. The fraction of sp³-hybridized carbons (Fsp3) is 1.00. The highest BCUT2D eigenvalue weighted by molar-refractivity contribution is 7.86. The van der Waals surface area contributed by atoms with Gasteiger partial charge in [-0.05, 0) is 0 Å². The fourth-order valence-corrected chi connectivity index (χ4v) is 2.25. The average Bonchev–Trinajstić information content (AvgIpc) is 2.06. The Morgan fingerprint density at radius 3 is 1.93 bits per heavy atom. The molecule has 0 heterocycles. The van der Waals surface area contributed by atoms with E-state index in [1.807, 2.05) is 0 Å². The van der Waals surface area contributed by atoms with Crippen molar-refractivity contribution in [2.45, 2.75) is 36.4 Å². The summed E-state index contributed by atoms with van der Waals surface area (Å²) in [6.45, 7) is 0. The summed E-state index contributed by atoms with van der Waals surface area (Å²) in [5.74, 6) is 0. The number of halogens is 4. The van der Waals surface area contributed by atoms with Crippen LogP contribution >= 0.6 is 0 Å². The summed E-state index contributed by atoms with van der Waals surface area (Å²) in [6.07, 6.45) is -11.7. The van der Waals surface area contributed by atoms with Crippen molar-refractivity contribution < 1.29 is 30.5 Å². The van der Waals surface area contributed by atoms with E-state index in [-0.39, 0.29) is 0 Å². The molecule has 1 aliphatic rings. The van der Waals surface area contributed by atoms with E-state index in [2.05, 4.69) is 0 Å². The highest BCUT2D eigenvalue weighted by Crippen LogP contribution is 2.32. The van der Waals surface area contributed by atoms with Crippen LogP contribution in [0.3, 0.4) is 0 Å². The molecule has 0 radical (unpaired) electrons. The van der Waals surface area contributed by atoms with Gasteiger partial charge in [-0.25, -0.2) is 17.6 Å². The van der Waals surface area contributed by atoms with Crippen molar-refractivity contribution in [2.75, 3.05) is 0 Å². The summed E-state index contributed by atoms with van der Waals surface area (Å²) in [6, 6.07) is 0. The lowest BCUT2D eigenvalue weighted by molar-refractivity contribution is -0.00693. The van der Waals surface area contributed by atoms with Crippen LogP contribution in [0.4, 0.5) is 17.6 Å². The van der Waals surface area contributed by atoms with Gasteiger partial charge in [0.25, 0.3) is 10.1 Å². The molecular weight excluding hydrogens is 228 g/mol. The van der Waals surface area contributed by atoms with E-state index in [4.69, 9.17) is 4.55 Å². The zero-order chi connectivity index (χ0) is 11.1. The van der Waals surface area contributed by atoms with Crippen molar-refractivity contribution in [3.05, 3.63) is 0 Å². The van der Waals surface area contributed by atoms with Gasteiger partial charge < -0.3 is 0 Å². The molecular formula is C6H8F4O3S. The Labute approximate surface area is 77.8 Å². The van der Waals surface area contributed by atoms with Crippen molar-refractivity contribution in [1.82, 2.24) is 0 Å². The highest BCUT2D eigenvalue weighted by atomic mass is 32.2. The third-order valence-electron chi connectivity index (χ3n) is 2.15. The maximum atomic E-state index is 12.8. The largest absolute Gasteiger partial charge is 0.285 e. The molecule has 3 nitrogen and oxygen atoms in total. The first-order valence-electron chi connectivity index (χ1n) is 3.77. The lowest BCUT2D eigenvalue weighted by Crippen LogP contribution is -2.51. The second-order valence-corrected chi connectivity index (χ2v) is 4.77. The Morgan fingerprint density at radius 2 is 1.50 bits per heavy atom. The van der Waals surface area contributed by atoms with E-state index in [0.717, 1.165) is 0 Å². The quantitative estimate of drug-likeness (QED) is 0.545. The van der Waals surface area contributed by atoms with Gasteiger partial charge in [0.05, 0.1) is 0 Å². The first kappa shape index (κ1) is 11.7. The normalized spacial score (nSPS) is 45.1. The molecule has 5 atom stereocenters. The van der Waals surface area contributed by atoms with E-state index >= 15 is 0 Å². The molecule has 0 aromatic carbocycles. The topological polar surface area (TPSA) is 54.4 Å². The van der Waals surface area contributed by atoms with Crippen LogP contribution in [0.15, 0.2) is 0 Å². The van der Waals surface area contributed by atoms with Crippen molar-refractivity contribution in [3.8, 4) is 0 Å². The summed E-state index contributed by atoms with van der Waals surface area (Å²) in [7, 11) is -4.89. The molecule has 14 heavy (non-hydrogen) atoms. The minimum atomic E-state index is -4.89. The standard InChI is InChI=1S/C6H8F4O3S/c7-2-1-3(14(11,12)13)5(9)6(10)4(2)8/h2-6H,1H2,(H,11,12,13). The third kappa shape index (κ3) is 2.00. The van der Waals surface area contributed by atoms with Crippen LogP contribution in [0, 0.1) is 0 Å².